The van der Waals surface area contributed by atoms with Crippen molar-refractivity contribution in [2.24, 2.45) is 0 Å². The number of aliphatic carboxylic acids is 1. The summed E-state index contributed by atoms with van der Waals surface area (Å²) in [5, 5.41) is 14.1. The van der Waals surface area contributed by atoms with Gasteiger partial charge in [0.25, 0.3) is 0 Å². The average Bonchev–Trinajstić information content (AvgIpc) is 3.01. The maximum atomic E-state index is 11.7. The van der Waals surface area contributed by atoms with Crippen molar-refractivity contribution in [3.05, 3.63) is 11.9 Å². The number of hydrazine groups is 2. The summed E-state index contributed by atoms with van der Waals surface area (Å²) in [5.41, 5.74) is 6.75. The van der Waals surface area contributed by atoms with Crippen LogP contribution in [0.15, 0.2) is 11.9 Å². The van der Waals surface area contributed by atoms with Crippen LogP contribution in [0.2, 0.25) is 0 Å². The summed E-state index contributed by atoms with van der Waals surface area (Å²) < 4.78 is 0. The summed E-state index contributed by atoms with van der Waals surface area (Å²) in [6, 6.07) is -0.788. The van der Waals surface area contributed by atoms with E-state index in [9.17, 15) is 9.59 Å². The molecule has 2 heterocycles. The number of ketones is 1. The molecule has 0 aliphatic carbocycles. The van der Waals surface area contributed by atoms with Gasteiger partial charge in [-0.1, -0.05) is 0 Å². The monoisotopic (exact) mass is 291 g/mol. The molecule has 2 rings (SSSR count). The minimum Gasteiger partial charge on any atom is -0.480 e. The Labute approximate surface area is 126 Å². The average molecular weight is 291 g/mol. The van der Waals surface area contributed by atoms with Crippen molar-refractivity contribution in [2.75, 3.05) is 6.54 Å². The van der Waals surface area contributed by atoms with Crippen LogP contribution >= 0.6 is 0 Å². The zero-order valence-electron chi connectivity index (χ0n) is 12.6. The fourth-order valence-corrected chi connectivity index (χ4v) is 2.83. The number of rotatable bonds is 6. The molecule has 0 bridgehead atoms. The van der Waals surface area contributed by atoms with Crippen LogP contribution in [0.1, 0.15) is 13.3 Å². The van der Waals surface area contributed by atoms with Gasteiger partial charge in [0.05, 0.1) is 25.5 Å². The molecule has 0 aromatic rings. The summed E-state index contributed by atoms with van der Waals surface area (Å²) >= 11 is 0. The molecule has 0 aromatic carbocycles. The van der Waals surface area contributed by atoms with Crippen LogP contribution in [-0.2, 0) is 9.59 Å². The van der Waals surface area contributed by atoms with Crippen LogP contribution in [0, 0.1) is 0 Å². The van der Waals surface area contributed by atoms with E-state index in [1.807, 2.05) is 31.7 Å². The van der Waals surface area contributed by atoms with Gasteiger partial charge in [0.1, 0.15) is 6.04 Å². The minimum atomic E-state index is -0.800. The fourth-order valence-electron chi connectivity index (χ4n) is 2.83. The normalized spacial score (nSPS) is 27.1. The van der Waals surface area contributed by atoms with Gasteiger partial charge in [0.2, 0.25) is 0 Å². The van der Waals surface area contributed by atoms with Gasteiger partial charge in [-0.15, -0.1) is 5.53 Å². The molecule has 112 valence electrons. The molecular weight excluding hydrogens is 271 g/mol. The molecule has 4 N–H and O–H groups in total. The first-order valence-corrected chi connectivity index (χ1v) is 7.12. The molecule has 11 heteroatoms. The second-order valence-corrected chi connectivity index (χ2v) is 5.51. The lowest BCUT2D eigenvalue weighted by Gasteiger charge is -2.22. The molecular formula is C10H20B3N5O3. The van der Waals surface area contributed by atoms with Crippen molar-refractivity contribution in [3.63, 3.8) is 0 Å². The van der Waals surface area contributed by atoms with Crippen LogP contribution in [0.3, 0.4) is 0 Å². The van der Waals surface area contributed by atoms with E-state index in [1.165, 1.54) is 0 Å². The molecule has 3 atom stereocenters. The smallest absolute Gasteiger partial charge is 0.319 e. The summed E-state index contributed by atoms with van der Waals surface area (Å²) in [7, 11) is 4.44. The number of carbonyl (C=O) groups excluding carboxylic acids is 1. The van der Waals surface area contributed by atoms with Crippen LogP contribution in [0.25, 0.3) is 0 Å². The Bertz CT molecular complexity index is 463. The Hall–Kier alpha value is -1.45. The molecule has 21 heavy (non-hydrogen) atoms. The number of hydrogen-bond donors (Lipinski definition) is 4. The van der Waals surface area contributed by atoms with Gasteiger partial charge < -0.3 is 20.6 Å². The molecule has 2 aliphatic rings. The zero-order chi connectivity index (χ0) is 15.6. The van der Waals surface area contributed by atoms with E-state index in [0.29, 0.717) is 20.3 Å². The SMILES string of the molecule is BBNC(C(C)=O)C1=CN(C2CC(C(=O)O)N(B)C2)NN1. The van der Waals surface area contributed by atoms with Crippen molar-refractivity contribution in [1.29, 1.82) is 0 Å². The predicted octanol–water partition coefficient (Wildman–Crippen LogP) is -4.32. The van der Waals surface area contributed by atoms with E-state index in [0.717, 1.165) is 5.70 Å². The standard InChI is InChI=1S/C10H20B3N5O3/c1-5(19)9(14-13-11)7-4-18(16-15-7)6-2-8(10(20)21)17(12)3-6/h4,6,8-9,13-16H,2-3,11-12H2,1H3,(H,20,21). The summed E-state index contributed by atoms with van der Waals surface area (Å²) in [6.07, 6.45) is 2.38. The molecule has 0 saturated carbocycles. The van der Waals surface area contributed by atoms with Crippen LogP contribution in [0.5, 0.6) is 0 Å². The van der Waals surface area contributed by atoms with Crippen LogP contribution in [0.4, 0.5) is 0 Å². The third kappa shape index (κ3) is 3.42. The van der Waals surface area contributed by atoms with E-state index >= 15 is 0 Å². The van der Waals surface area contributed by atoms with Gasteiger partial charge in [0, 0.05) is 12.7 Å². The Morgan fingerprint density at radius 1 is 1.62 bits per heavy atom. The van der Waals surface area contributed by atoms with Gasteiger partial charge in [-0.3, -0.25) is 14.6 Å². The lowest BCUT2D eigenvalue weighted by atomic mass is 9.66. The topological polar surface area (TPSA) is 96.9 Å². The van der Waals surface area contributed by atoms with Crippen molar-refractivity contribution in [2.45, 2.75) is 31.5 Å². The molecule has 0 spiro atoms. The summed E-state index contributed by atoms with van der Waals surface area (Å²) in [6.45, 7) is 2.20. The third-order valence-corrected chi connectivity index (χ3v) is 3.94. The largest absolute Gasteiger partial charge is 0.480 e. The molecule has 3 unspecified atom stereocenters. The lowest BCUT2D eigenvalue weighted by Crippen LogP contribution is -2.47. The summed E-state index contributed by atoms with van der Waals surface area (Å²) in [5.74, 6) is -0.767. The first kappa shape index (κ1) is 15.9. The Morgan fingerprint density at radius 2 is 2.33 bits per heavy atom. The van der Waals surface area contributed by atoms with Gasteiger partial charge >= 0.3 is 5.97 Å². The first-order chi connectivity index (χ1) is 9.93. The highest BCUT2D eigenvalue weighted by Gasteiger charge is 2.38. The number of carbonyl (C=O) groups is 2. The highest BCUT2D eigenvalue weighted by molar-refractivity contribution is 6.88. The zero-order valence-corrected chi connectivity index (χ0v) is 12.6. The molecule has 0 radical (unpaired) electrons. The van der Waals surface area contributed by atoms with E-state index in [1.54, 1.807) is 6.92 Å². The minimum absolute atomic E-state index is 0.0335. The first-order valence-electron chi connectivity index (χ1n) is 7.12. The molecule has 1 saturated heterocycles. The van der Waals surface area contributed by atoms with E-state index in [-0.39, 0.29) is 17.9 Å². The third-order valence-electron chi connectivity index (χ3n) is 3.94. The van der Waals surface area contributed by atoms with Gasteiger partial charge in [0.15, 0.2) is 21.1 Å². The highest BCUT2D eigenvalue weighted by atomic mass is 16.4. The Kier molecular flexibility index (Phi) is 4.97. The second-order valence-electron chi connectivity index (χ2n) is 5.51. The maximum absolute atomic E-state index is 11.7. The molecule has 0 amide bonds. The quantitative estimate of drug-likeness (QED) is 0.365. The molecule has 8 nitrogen and oxygen atoms in total. The lowest BCUT2D eigenvalue weighted by molar-refractivity contribution is -0.140. The predicted molar refractivity (Wildman–Crippen MR) is 84.6 cm³/mol. The Balaban J connectivity index is 2.04. The van der Waals surface area contributed by atoms with Gasteiger partial charge in [-0.2, -0.15) is 0 Å². The molecule has 0 aromatic heterocycles. The van der Waals surface area contributed by atoms with E-state index in [4.69, 9.17) is 5.11 Å². The van der Waals surface area contributed by atoms with Crippen LogP contribution < -0.4 is 16.2 Å². The van der Waals surface area contributed by atoms with Crippen molar-refractivity contribution >= 4 is 34.8 Å². The molecule has 2 aliphatic heterocycles. The van der Waals surface area contributed by atoms with Crippen LogP contribution in [-0.4, -0.2) is 74.4 Å². The van der Waals surface area contributed by atoms with E-state index < -0.39 is 12.0 Å². The van der Waals surface area contributed by atoms with Crippen molar-refractivity contribution < 1.29 is 14.7 Å². The number of nitrogens with one attached hydrogen (secondary N) is 3. The van der Waals surface area contributed by atoms with Gasteiger partial charge in [-0.05, 0) is 13.3 Å². The molecule has 1 fully saturated rings. The van der Waals surface area contributed by atoms with Crippen molar-refractivity contribution in [3.8, 4) is 0 Å². The van der Waals surface area contributed by atoms with Crippen molar-refractivity contribution in [1.82, 2.24) is 26.0 Å². The number of carboxylic acids is 1. The number of carboxylic acid groups (broad SMARTS) is 1. The number of Topliss-reactive ketones (excluding diaryl/α,β-unsaturated/α-hetero) is 1. The summed E-state index contributed by atoms with van der Waals surface area (Å²) in [4.78, 5) is 24.6. The number of nitrogens with zero attached hydrogens (tertiary/aromatic N) is 2. The fraction of sp³-hybridized carbons (Fsp3) is 0.600. The van der Waals surface area contributed by atoms with Gasteiger partial charge in [-0.25, -0.2) is 0 Å². The van der Waals surface area contributed by atoms with E-state index in [2.05, 4.69) is 16.2 Å². The number of hydrogen-bond acceptors (Lipinski definition) is 7. The maximum Gasteiger partial charge on any atom is 0.319 e. The highest BCUT2D eigenvalue weighted by Crippen LogP contribution is 2.21. The Morgan fingerprint density at radius 3 is 2.86 bits per heavy atom. The second kappa shape index (κ2) is 6.55.